The van der Waals surface area contributed by atoms with E-state index >= 15 is 0 Å². The lowest BCUT2D eigenvalue weighted by Crippen LogP contribution is -2.05. The molecule has 0 aliphatic heterocycles. The van der Waals surface area contributed by atoms with E-state index in [9.17, 15) is 9.50 Å². The van der Waals surface area contributed by atoms with Gasteiger partial charge in [0.2, 0.25) is 0 Å². The van der Waals surface area contributed by atoms with Gasteiger partial charge < -0.3 is 9.84 Å². The molecule has 0 aliphatic carbocycles. The standard InChI is InChI=1S/C14H11Cl2FO2/c1-19-12-4-2-3-11(17)13(12)14(18)8-5-6-9(15)10(16)7-8/h2-7,14,18H,1H3. The number of aliphatic hydroxyl groups excluding tert-OH is 1. The van der Waals surface area contributed by atoms with Crippen LogP contribution in [0.1, 0.15) is 17.2 Å². The van der Waals surface area contributed by atoms with Gasteiger partial charge in [0.15, 0.2) is 0 Å². The maximum atomic E-state index is 13.9. The molecule has 100 valence electrons. The lowest BCUT2D eigenvalue weighted by atomic mass is 10.00. The first-order valence-corrected chi connectivity index (χ1v) is 6.25. The van der Waals surface area contributed by atoms with Crippen LogP contribution < -0.4 is 4.74 Å². The van der Waals surface area contributed by atoms with E-state index in [-0.39, 0.29) is 11.3 Å². The fourth-order valence-corrected chi connectivity index (χ4v) is 2.12. The number of ether oxygens (including phenoxy) is 1. The predicted molar refractivity (Wildman–Crippen MR) is 73.5 cm³/mol. The molecule has 0 saturated carbocycles. The van der Waals surface area contributed by atoms with Gasteiger partial charge in [0, 0.05) is 0 Å². The topological polar surface area (TPSA) is 29.5 Å². The monoisotopic (exact) mass is 300 g/mol. The van der Waals surface area contributed by atoms with Gasteiger partial charge in [-0.05, 0) is 29.8 Å². The summed E-state index contributed by atoms with van der Waals surface area (Å²) in [4.78, 5) is 0. The Hall–Kier alpha value is -1.29. The Morgan fingerprint density at radius 3 is 2.53 bits per heavy atom. The van der Waals surface area contributed by atoms with Gasteiger partial charge in [0.25, 0.3) is 0 Å². The summed E-state index contributed by atoms with van der Waals surface area (Å²) in [7, 11) is 1.42. The van der Waals surface area contributed by atoms with Crippen LogP contribution in [0.25, 0.3) is 0 Å². The van der Waals surface area contributed by atoms with Crippen molar-refractivity contribution < 1.29 is 14.2 Å². The Kier molecular flexibility index (Phi) is 4.30. The summed E-state index contributed by atoms with van der Waals surface area (Å²) in [5, 5.41) is 11.0. The van der Waals surface area contributed by atoms with Crippen LogP contribution in [0.2, 0.25) is 10.0 Å². The van der Waals surface area contributed by atoms with Crippen molar-refractivity contribution in [2.24, 2.45) is 0 Å². The molecule has 5 heteroatoms. The van der Waals surface area contributed by atoms with Gasteiger partial charge in [0.05, 0.1) is 22.7 Å². The highest BCUT2D eigenvalue weighted by Gasteiger charge is 2.20. The average Bonchev–Trinajstić information content (AvgIpc) is 2.40. The largest absolute Gasteiger partial charge is 0.496 e. The van der Waals surface area contributed by atoms with Crippen molar-refractivity contribution in [3.8, 4) is 5.75 Å². The van der Waals surface area contributed by atoms with Crippen LogP contribution in [0.4, 0.5) is 4.39 Å². The van der Waals surface area contributed by atoms with Crippen molar-refractivity contribution in [1.82, 2.24) is 0 Å². The summed E-state index contributed by atoms with van der Waals surface area (Å²) in [6.07, 6.45) is -1.18. The molecule has 19 heavy (non-hydrogen) atoms. The van der Waals surface area contributed by atoms with Crippen molar-refractivity contribution in [3.63, 3.8) is 0 Å². The van der Waals surface area contributed by atoms with Gasteiger partial charge in [0.1, 0.15) is 17.7 Å². The molecule has 0 bridgehead atoms. The molecule has 2 aromatic carbocycles. The second-order valence-corrected chi connectivity index (χ2v) is 4.75. The third-order valence-corrected chi connectivity index (χ3v) is 3.50. The Morgan fingerprint density at radius 1 is 1.16 bits per heavy atom. The summed E-state index contributed by atoms with van der Waals surface area (Å²) in [5.41, 5.74) is 0.515. The number of benzene rings is 2. The number of hydrogen-bond acceptors (Lipinski definition) is 2. The van der Waals surface area contributed by atoms with Crippen LogP contribution in [0, 0.1) is 5.82 Å². The molecule has 2 aromatic rings. The molecular weight excluding hydrogens is 290 g/mol. The van der Waals surface area contributed by atoms with E-state index in [0.29, 0.717) is 15.6 Å². The second kappa shape index (κ2) is 5.78. The fraction of sp³-hybridized carbons (Fsp3) is 0.143. The van der Waals surface area contributed by atoms with Gasteiger partial charge >= 0.3 is 0 Å². The zero-order valence-corrected chi connectivity index (χ0v) is 11.5. The highest BCUT2D eigenvalue weighted by atomic mass is 35.5. The summed E-state index contributed by atoms with van der Waals surface area (Å²) in [6.45, 7) is 0. The van der Waals surface area contributed by atoms with Gasteiger partial charge in [-0.2, -0.15) is 0 Å². The first kappa shape index (κ1) is 14.1. The van der Waals surface area contributed by atoms with Crippen LogP contribution in [0.15, 0.2) is 36.4 Å². The normalized spacial score (nSPS) is 12.3. The van der Waals surface area contributed by atoms with E-state index in [1.54, 1.807) is 18.2 Å². The van der Waals surface area contributed by atoms with E-state index in [2.05, 4.69) is 0 Å². The minimum Gasteiger partial charge on any atom is -0.496 e. The van der Waals surface area contributed by atoms with Crippen LogP contribution in [-0.2, 0) is 0 Å². The first-order valence-electron chi connectivity index (χ1n) is 5.50. The minimum absolute atomic E-state index is 0.0726. The molecule has 2 rings (SSSR count). The van der Waals surface area contributed by atoms with E-state index in [1.807, 2.05) is 0 Å². The summed E-state index contributed by atoms with van der Waals surface area (Å²) in [5.74, 6) is -0.267. The van der Waals surface area contributed by atoms with Gasteiger partial charge in [-0.3, -0.25) is 0 Å². The average molecular weight is 301 g/mol. The van der Waals surface area contributed by atoms with Crippen molar-refractivity contribution in [2.45, 2.75) is 6.10 Å². The van der Waals surface area contributed by atoms with Crippen LogP contribution >= 0.6 is 23.2 Å². The highest BCUT2D eigenvalue weighted by Crippen LogP contribution is 2.34. The van der Waals surface area contributed by atoms with Crippen LogP contribution in [-0.4, -0.2) is 12.2 Å². The van der Waals surface area contributed by atoms with Crippen LogP contribution in [0.3, 0.4) is 0 Å². The van der Waals surface area contributed by atoms with Gasteiger partial charge in [-0.1, -0.05) is 35.3 Å². The second-order valence-electron chi connectivity index (χ2n) is 3.93. The molecule has 2 nitrogen and oxygen atoms in total. The maximum Gasteiger partial charge on any atom is 0.133 e. The molecule has 0 aromatic heterocycles. The summed E-state index contributed by atoms with van der Waals surface area (Å²) >= 11 is 11.7. The molecule has 1 unspecified atom stereocenters. The van der Waals surface area contributed by atoms with Crippen LogP contribution in [0.5, 0.6) is 5.75 Å². The van der Waals surface area contributed by atoms with Crippen molar-refractivity contribution in [2.75, 3.05) is 7.11 Å². The van der Waals surface area contributed by atoms with E-state index in [1.165, 1.54) is 25.3 Å². The molecule has 1 atom stereocenters. The Balaban J connectivity index is 2.49. The highest BCUT2D eigenvalue weighted by molar-refractivity contribution is 6.42. The Labute approximate surface area is 120 Å². The Bertz CT molecular complexity index is 602. The predicted octanol–water partition coefficient (Wildman–Crippen LogP) is 4.22. The molecule has 0 fully saturated rings. The van der Waals surface area contributed by atoms with Gasteiger partial charge in [-0.25, -0.2) is 4.39 Å². The smallest absolute Gasteiger partial charge is 0.133 e. The zero-order chi connectivity index (χ0) is 14.0. The number of aliphatic hydroxyl groups is 1. The van der Waals surface area contributed by atoms with Crippen molar-refractivity contribution >= 4 is 23.2 Å². The first-order chi connectivity index (χ1) is 9.04. The molecule has 0 saturated heterocycles. The fourth-order valence-electron chi connectivity index (χ4n) is 1.81. The summed E-state index contributed by atoms with van der Waals surface area (Å²) < 4.78 is 18.9. The molecule has 0 radical (unpaired) electrons. The maximum absolute atomic E-state index is 13.9. The molecule has 0 aliphatic rings. The number of methoxy groups -OCH3 is 1. The van der Waals surface area contributed by atoms with E-state index in [0.717, 1.165) is 0 Å². The quantitative estimate of drug-likeness (QED) is 0.919. The lowest BCUT2D eigenvalue weighted by molar-refractivity contribution is 0.209. The molecule has 1 N–H and O–H groups in total. The number of hydrogen-bond donors (Lipinski definition) is 1. The number of rotatable bonds is 3. The number of halogens is 3. The minimum atomic E-state index is -1.18. The lowest BCUT2D eigenvalue weighted by Gasteiger charge is -2.16. The van der Waals surface area contributed by atoms with Crippen molar-refractivity contribution in [1.29, 1.82) is 0 Å². The third kappa shape index (κ3) is 2.84. The van der Waals surface area contributed by atoms with Gasteiger partial charge in [-0.15, -0.1) is 0 Å². The van der Waals surface area contributed by atoms with E-state index < -0.39 is 11.9 Å². The SMILES string of the molecule is COc1cccc(F)c1C(O)c1ccc(Cl)c(Cl)c1. The molecule has 0 amide bonds. The molecule has 0 heterocycles. The third-order valence-electron chi connectivity index (χ3n) is 2.77. The van der Waals surface area contributed by atoms with E-state index in [4.69, 9.17) is 27.9 Å². The Morgan fingerprint density at radius 2 is 1.89 bits per heavy atom. The van der Waals surface area contributed by atoms with Crippen molar-refractivity contribution in [3.05, 3.63) is 63.4 Å². The summed E-state index contributed by atoms with van der Waals surface area (Å²) in [6, 6.07) is 9.00. The molecular formula is C14H11Cl2FO2. The molecule has 0 spiro atoms. The zero-order valence-electron chi connectivity index (χ0n) is 10.0.